The number of hydrogen-bond acceptors (Lipinski definition) is 3. The zero-order valence-corrected chi connectivity index (χ0v) is 10.8. The molecule has 0 bridgehead atoms. The zero-order valence-electron chi connectivity index (χ0n) is 9.13. The van der Waals surface area contributed by atoms with Crippen LogP contribution in [0.4, 0.5) is 4.39 Å². The molecule has 0 fully saturated rings. The molecule has 0 amide bonds. The normalized spacial score (nSPS) is 12.3. The van der Waals surface area contributed by atoms with E-state index in [1.54, 1.807) is 12.1 Å². The summed E-state index contributed by atoms with van der Waals surface area (Å²) >= 11 is 1.37. The molecule has 1 unspecified atom stereocenters. The van der Waals surface area contributed by atoms with Crippen molar-refractivity contribution in [3.63, 3.8) is 0 Å². The van der Waals surface area contributed by atoms with Gasteiger partial charge in [-0.2, -0.15) is 0 Å². The van der Waals surface area contributed by atoms with Gasteiger partial charge in [-0.3, -0.25) is 4.21 Å². The Morgan fingerprint density at radius 2 is 2.17 bits per heavy atom. The van der Waals surface area contributed by atoms with Gasteiger partial charge in [0, 0.05) is 0 Å². The molecule has 1 heterocycles. The number of carbonyl (C=O) groups is 1. The van der Waals surface area contributed by atoms with Crippen molar-refractivity contribution in [3.05, 3.63) is 52.7 Å². The van der Waals surface area contributed by atoms with E-state index < -0.39 is 22.6 Å². The van der Waals surface area contributed by atoms with Crippen LogP contribution in [0, 0.1) is 5.82 Å². The van der Waals surface area contributed by atoms with Crippen LogP contribution in [0.1, 0.15) is 15.9 Å². The fourth-order valence-electron chi connectivity index (χ4n) is 1.44. The first-order chi connectivity index (χ1) is 8.58. The third kappa shape index (κ3) is 2.83. The number of hydrogen-bond donors (Lipinski definition) is 1. The fourth-order valence-corrected chi connectivity index (χ4v) is 3.51. The second-order valence-electron chi connectivity index (χ2n) is 3.54. The molecule has 18 heavy (non-hydrogen) atoms. The van der Waals surface area contributed by atoms with Crippen molar-refractivity contribution in [2.45, 2.75) is 9.96 Å². The summed E-state index contributed by atoms with van der Waals surface area (Å²) in [6, 6.07) is 7.35. The van der Waals surface area contributed by atoms with Gasteiger partial charge >= 0.3 is 5.97 Å². The average Bonchev–Trinajstić information content (AvgIpc) is 2.81. The van der Waals surface area contributed by atoms with E-state index in [0.717, 1.165) is 10.3 Å². The fraction of sp³-hybridized carbons (Fsp3) is 0.0833. The maximum Gasteiger partial charge on any atom is 0.338 e. The van der Waals surface area contributed by atoms with Crippen molar-refractivity contribution in [2.24, 2.45) is 0 Å². The van der Waals surface area contributed by atoms with E-state index >= 15 is 0 Å². The van der Waals surface area contributed by atoms with Gasteiger partial charge in [0.2, 0.25) is 0 Å². The van der Waals surface area contributed by atoms with Gasteiger partial charge in [-0.1, -0.05) is 12.1 Å². The Morgan fingerprint density at radius 3 is 2.72 bits per heavy atom. The van der Waals surface area contributed by atoms with Gasteiger partial charge in [0.1, 0.15) is 5.82 Å². The van der Waals surface area contributed by atoms with Crippen LogP contribution in [0.15, 0.2) is 39.9 Å². The lowest BCUT2D eigenvalue weighted by atomic mass is 10.1. The monoisotopic (exact) mass is 284 g/mol. The quantitative estimate of drug-likeness (QED) is 0.939. The van der Waals surface area contributed by atoms with Crippen molar-refractivity contribution in [3.8, 4) is 0 Å². The summed E-state index contributed by atoms with van der Waals surface area (Å²) in [5.41, 5.74) is 0.143. The number of rotatable bonds is 4. The summed E-state index contributed by atoms with van der Waals surface area (Å²) in [6.07, 6.45) is 0. The van der Waals surface area contributed by atoms with Crippen LogP contribution in [0.25, 0.3) is 0 Å². The molecule has 6 heteroatoms. The minimum atomic E-state index is -1.31. The largest absolute Gasteiger partial charge is 0.478 e. The van der Waals surface area contributed by atoms with Crippen LogP contribution in [0.2, 0.25) is 0 Å². The predicted octanol–water partition coefficient (Wildman–Crippen LogP) is 2.89. The molecule has 1 aromatic carbocycles. The summed E-state index contributed by atoms with van der Waals surface area (Å²) < 4.78 is 26.0. The van der Waals surface area contributed by atoms with E-state index in [-0.39, 0.29) is 11.3 Å². The van der Waals surface area contributed by atoms with E-state index in [4.69, 9.17) is 5.11 Å². The highest BCUT2D eigenvalue weighted by molar-refractivity contribution is 7.86. The summed E-state index contributed by atoms with van der Waals surface area (Å²) in [5.74, 6) is -1.93. The van der Waals surface area contributed by atoms with Gasteiger partial charge in [0.05, 0.1) is 26.3 Å². The second-order valence-corrected chi connectivity index (χ2v) is 6.17. The maximum atomic E-state index is 13.4. The van der Waals surface area contributed by atoms with Crippen molar-refractivity contribution >= 4 is 28.1 Å². The minimum Gasteiger partial charge on any atom is -0.478 e. The molecule has 94 valence electrons. The lowest BCUT2D eigenvalue weighted by Crippen LogP contribution is -2.02. The lowest BCUT2D eigenvalue weighted by Gasteiger charge is -2.02. The van der Waals surface area contributed by atoms with Crippen molar-refractivity contribution in [2.75, 3.05) is 0 Å². The van der Waals surface area contributed by atoms with Gasteiger partial charge in [0.25, 0.3) is 0 Å². The molecule has 0 aliphatic heterocycles. The highest BCUT2D eigenvalue weighted by atomic mass is 32.2. The number of carboxylic acid groups (broad SMARTS) is 1. The lowest BCUT2D eigenvalue weighted by molar-refractivity contribution is 0.0692. The SMILES string of the molecule is O=C(O)c1ccc(CS(=O)c2cccs2)cc1F. The number of aromatic carboxylic acids is 1. The highest BCUT2D eigenvalue weighted by Crippen LogP contribution is 2.19. The van der Waals surface area contributed by atoms with E-state index in [1.807, 2.05) is 5.38 Å². The van der Waals surface area contributed by atoms with Crippen LogP contribution in [-0.2, 0) is 16.6 Å². The molecule has 0 saturated heterocycles. The van der Waals surface area contributed by atoms with Gasteiger partial charge in [-0.25, -0.2) is 9.18 Å². The number of benzene rings is 1. The Hall–Kier alpha value is -1.53. The third-order valence-electron chi connectivity index (χ3n) is 2.28. The predicted molar refractivity (Wildman–Crippen MR) is 67.8 cm³/mol. The Kier molecular flexibility index (Phi) is 3.88. The molecular weight excluding hydrogens is 275 g/mol. The molecule has 0 aliphatic rings. The number of thiophene rings is 1. The van der Waals surface area contributed by atoms with E-state index in [1.165, 1.54) is 23.5 Å². The molecule has 0 spiro atoms. The van der Waals surface area contributed by atoms with E-state index in [0.29, 0.717) is 5.56 Å². The first-order valence-electron chi connectivity index (χ1n) is 5.01. The van der Waals surface area contributed by atoms with Gasteiger partial charge in [0.15, 0.2) is 0 Å². The molecule has 3 nitrogen and oxygen atoms in total. The van der Waals surface area contributed by atoms with Crippen molar-refractivity contribution in [1.29, 1.82) is 0 Å². The Labute approximate surface area is 109 Å². The molecule has 1 aromatic heterocycles. The summed E-state index contributed by atoms with van der Waals surface area (Å²) in [6.45, 7) is 0. The summed E-state index contributed by atoms with van der Waals surface area (Å²) in [4.78, 5) is 10.6. The Morgan fingerprint density at radius 1 is 1.39 bits per heavy atom. The van der Waals surface area contributed by atoms with E-state index in [9.17, 15) is 13.4 Å². The number of halogens is 1. The Balaban J connectivity index is 2.18. The molecular formula is C12H9FO3S2. The smallest absolute Gasteiger partial charge is 0.338 e. The first-order valence-corrected chi connectivity index (χ1v) is 7.21. The molecule has 1 atom stereocenters. The Bertz CT molecular complexity index is 593. The second kappa shape index (κ2) is 5.41. The van der Waals surface area contributed by atoms with Crippen LogP contribution in [0.5, 0.6) is 0 Å². The standard InChI is InChI=1S/C12H9FO3S2/c13-10-6-8(3-4-9(10)12(14)15)7-18(16)11-2-1-5-17-11/h1-6H,7H2,(H,14,15). The minimum absolute atomic E-state index is 0.178. The van der Waals surface area contributed by atoms with Crippen LogP contribution in [0.3, 0.4) is 0 Å². The zero-order chi connectivity index (χ0) is 13.1. The maximum absolute atomic E-state index is 13.4. The van der Waals surface area contributed by atoms with Crippen LogP contribution >= 0.6 is 11.3 Å². The molecule has 0 aliphatic carbocycles. The van der Waals surface area contributed by atoms with Gasteiger partial charge in [-0.05, 0) is 29.1 Å². The van der Waals surface area contributed by atoms with Crippen molar-refractivity contribution < 1.29 is 18.5 Å². The molecule has 0 radical (unpaired) electrons. The molecule has 2 aromatic rings. The molecule has 1 N–H and O–H groups in total. The van der Waals surface area contributed by atoms with Crippen molar-refractivity contribution in [1.82, 2.24) is 0 Å². The highest BCUT2D eigenvalue weighted by Gasteiger charge is 2.12. The molecule has 2 rings (SSSR count). The average molecular weight is 284 g/mol. The van der Waals surface area contributed by atoms with Crippen LogP contribution < -0.4 is 0 Å². The third-order valence-corrected chi connectivity index (χ3v) is 4.97. The topological polar surface area (TPSA) is 54.4 Å². The summed E-state index contributed by atoms with van der Waals surface area (Å²) in [7, 11) is -1.22. The summed E-state index contributed by atoms with van der Waals surface area (Å²) in [5, 5.41) is 10.5. The number of carboxylic acids is 1. The molecule has 0 saturated carbocycles. The van der Waals surface area contributed by atoms with E-state index in [2.05, 4.69) is 0 Å². The van der Waals surface area contributed by atoms with Gasteiger partial charge < -0.3 is 5.11 Å². The first kappa shape index (κ1) is 12.9. The van der Waals surface area contributed by atoms with Gasteiger partial charge in [-0.15, -0.1) is 11.3 Å². The van der Waals surface area contributed by atoms with Crippen LogP contribution in [-0.4, -0.2) is 15.3 Å².